The van der Waals surface area contributed by atoms with E-state index in [1.54, 1.807) is 18.4 Å². The van der Waals surface area contributed by atoms with Crippen LogP contribution in [0, 0.1) is 6.92 Å². The third-order valence-corrected chi connectivity index (χ3v) is 3.80. The van der Waals surface area contributed by atoms with Crippen molar-refractivity contribution in [1.82, 2.24) is 10.3 Å². The molecule has 0 amide bonds. The van der Waals surface area contributed by atoms with Crippen LogP contribution in [-0.4, -0.2) is 18.6 Å². The molecule has 1 heterocycles. The van der Waals surface area contributed by atoms with Crippen LogP contribution < -0.4 is 10.1 Å². The van der Waals surface area contributed by atoms with Crippen molar-refractivity contribution in [3.63, 3.8) is 0 Å². The molecular formula is C15H20N2OS. The Labute approximate surface area is 118 Å². The molecule has 0 atom stereocenters. The van der Waals surface area contributed by atoms with Gasteiger partial charge in [0.25, 0.3) is 0 Å². The van der Waals surface area contributed by atoms with Gasteiger partial charge >= 0.3 is 0 Å². The van der Waals surface area contributed by atoms with E-state index in [2.05, 4.69) is 41.7 Å². The van der Waals surface area contributed by atoms with Gasteiger partial charge in [-0.3, -0.25) is 0 Å². The van der Waals surface area contributed by atoms with Crippen LogP contribution in [0.1, 0.15) is 24.6 Å². The number of aromatic nitrogens is 1. The fraction of sp³-hybridized carbons (Fsp3) is 0.400. The van der Waals surface area contributed by atoms with Gasteiger partial charge in [0, 0.05) is 11.9 Å². The zero-order chi connectivity index (χ0) is 13.7. The van der Waals surface area contributed by atoms with E-state index in [-0.39, 0.29) is 0 Å². The minimum atomic E-state index is 0.832. The Morgan fingerprint density at radius 3 is 2.95 bits per heavy atom. The standard InChI is InChI=1S/C15H20N2OS/c1-4-7-16-9-12-10-19-15(17-12)13-6-5-11(2)8-14(13)18-3/h5-6,8,10,16H,4,7,9H2,1-3H3. The second-order valence-electron chi connectivity index (χ2n) is 4.52. The molecule has 1 N–H and O–H groups in total. The van der Waals surface area contributed by atoms with Gasteiger partial charge in [-0.05, 0) is 37.6 Å². The molecule has 0 bridgehead atoms. The van der Waals surface area contributed by atoms with Crippen molar-refractivity contribution in [1.29, 1.82) is 0 Å². The van der Waals surface area contributed by atoms with Crippen molar-refractivity contribution in [2.75, 3.05) is 13.7 Å². The zero-order valence-corrected chi connectivity index (χ0v) is 12.5. The lowest BCUT2D eigenvalue weighted by molar-refractivity contribution is 0.416. The minimum Gasteiger partial charge on any atom is -0.496 e. The summed E-state index contributed by atoms with van der Waals surface area (Å²) >= 11 is 1.66. The average Bonchev–Trinajstić information content (AvgIpc) is 2.87. The van der Waals surface area contributed by atoms with Gasteiger partial charge in [0.2, 0.25) is 0 Å². The summed E-state index contributed by atoms with van der Waals surface area (Å²) in [6.45, 7) is 6.09. The Kier molecular flexibility index (Phi) is 4.93. The van der Waals surface area contributed by atoms with Gasteiger partial charge in [-0.15, -0.1) is 11.3 Å². The first-order valence-corrected chi connectivity index (χ1v) is 7.42. The predicted octanol–water partition coefficient (Wildman–Crippen LogP) is 3.63. The van der Waals surface area contributed by atoms with Crippen molar-refractivity contribution in [2.45, 2.75) is 26.8 Å². The number of nitrogens with one attached hydrogen (secondary N) is 1. The fourth-order valence-electron chi connectivity index (χ4n) is 1.88. The molecule has 0 spiro atoms. The topological polar surface area (TPSA) is 34.1 Å². The smallest absolute Gasteiger partial charge is 0.129 e. The fourth-order valence-corrected chi connectivity index (χ4v) is 2.73. The maximum atomic E-state index is 5.44. The van der Waals surface area contributed by atoms with E-state index in [1.165, 1.54) is 5.56 Å². The summed E-state index contributed by atoms with van der Waals surface area (Å²) in [5, 5.41) is 6.49. The van der Waals surface area contributed by atoms with Crippen molar-refractivity contribution < 1.29 is 4.74 Å². The third kappa shape index (κ3) is 3.55. The van der Waals surface area contributed by atoms with Crippen LogP contribution in [0.25, 0.3) is 10.6 Å². The first-order valence-electron chi connectivity index (χ1n) is 6.54. The monoisotopic (exact) mass is 276 g/mol. The van der Waals surface area contributed by atoms with E-state index >= 15 is 0 Å². The molecule has 0 aliphatic carbocycles. The molecule has 4 heteroatoms. The molecule has 2 rings (SSSR count). The van der Waals surface area contributed by atoms with E-state index in [0.29, 0.717) is 0 Å². The summed E-state index contributed by atoms with van der Waals surface area (Å²) in [5.74, 6) is 0.891. The van der Waals surface area contributed by atoms with E-state index < -0.39 is 0 Å². The number of nitrogens with zero attached hydrogens (tertiary/aromatic N) is 1. The Morgan fingerprint density at radius 1 is 1.37 bits per heavy atom. The van der Waals surface area contributed by atoms with E-state index in [0.717, 1.165) is 41.5 Å². The van der Waals surface area contributed by atoms with Crippen LogP contribution in [-0.2, 0) is 6.54 Å². The van der Waals surface area contributed by atoms with Gasteiger partial charge in [-0.25, -0.2) is 4.98 Å². The number of methoxy groups -OCH3 is 1. The van der Waals surface area contributed by atoms with Crippen LogP contribution >= 0.6 is 11.3 Å². The molecule has 0 unspecified atom stereocenters. The highest BCUT2D eigenvalue weighted by molar-refractivity contribution is 7.13. The quantitative estimate of drug-likeness (QED) is 0.818. The number of hydrogen-bond acceptors (Lipinski definition) is 4. The molecule has 3 nitrogen and oxygen atoms in total. The van der Waals surface area contributed by atoms with Gasteiger partial charge in [0.1, 0.15) is 10.8 Å². The van der Waals surface area contributed by atoms with Crippen molar-refractivity contribution in [3.05, 3.63) is 34.8 Å². The van der Waals surface area contributed by atoms with Crippen molar-refractivity contribution >= 4 is 11.3 Å². The summed E-state index contributed by atoms with van der Waals surface area (Å²) in [6.07, 6.45) is 1.14. The van der Waals surface area contributed by atoms with Crippen LogP contribution in [0.3, 0.4) is 0 Å². The molecule has 2 aromatic rings. The molecule has 1 aromatic heterocycles. The highest BCUT2D eigenvalue weighted by Gasteiger charge is 2.10. The molecule has 0 aliphatic heterocycles. The molecule has 0 fully saturated rings. The van der Waals surface area contributed by atoms with E-state index in [9.17, 15) is 0 Å². The molecule has 102 valence electrons. The first-order chi connectivity index (χ1) is 9.24. The number of benzene rings is 1. The number of ether oxygens (including phenoxy) is 1. The van der Waals surface area contributed by atoms with Crippen LogP contribution in [0.4, 0.5) is 0 Å². The summed E-state index contributed by atoms with van der Waals surface area (Å²) < 4.78 is 5.44. The summed E-state index contributed by atoms with van der Waals surface area (Å²) in [7, 11) is 1.70. The predicted molar refractivity (Wildman–Crippen MR) is 80.8 cm³/mol. The summed E-state index contributed by atoms with van der Waals surface area (Å²) in [6, 6.07) is 6.22. The molecule has 1 aromatic carbocycles. The van der Waals surface area contributed by atoms with Gasteiger partial charge in [-0.2, -0.15) is 0 Å². The third-order valence-electron chi connectivity index (χ3n) is 2.87. The Hall–Kier alpha value is -1.39. The largest absolute Gasteiger partial charge is 0.496 e. The van der Waals surface area contributed by atoms with Crippen LogP contribution in [0.2, 0.25) is 0 Å². The second-order valence-corrected chi connectivity index (χ2v) is 5.38. The number of thiazole rings is 1. The molecule has 0 aliphatic rings. The highest BCUT2D eigenvalue weighted by atomic mass is 32.1. The molecular weight excluding hydrogens is 256 g/mol. The molecule has 0 radical (unpaired) electrons. The maximum absolute atomic E-state index is 5.44. The normalized spacial score (nSPS) is 10.7. The molecule has 19 heavy (non-hydrogen) atoms. The van der Waals surface area contributed by atoms with Gasteiger partial charge < -0.3 is 10.1 Å². The maximum Gasteiger partial charge on any atom is 0.129 e. The summed E-state index contributed by atoms with van der Waals surface area (Å²) in [4.78, 5) is 4.67. The Balaban J connectivity index is 2.18. The molecule has 0 saturated carbocycles. The first kappa shape index (κ1) is 14.0. The van der Waals surface area contributed by atoms with E-state index in [4.69, 9.17) is 4.74 Å². The average molecular weight is 276 g/mol. The lowest BCUT2D eigenvalue weighted by Gasteiger charge is -2.06. The lowest BCUT2D eigenvalue weighted by Crippen LogP contribution is -2.13. The van der Waals surface area contributed by atoms with Crippen LogP contribution in [0.15, 0.2) is 23.6 Å². The molecule has 0 saturated heterocycles. The second kappa shape index (κ2) is 6.68. The lowest BCUT2D eigenvalue weighted by atomic mass is 10.1. The Bertz CT molecular complexity index is 537. The van der Waals surface area contributed by atoms with Crippen LogP contribution in [0.5, 0.6) is 5.75 Å². The van der Waals surface area contributed by atoms with Crippen molar-refractivity contribution in [3.8, 4) is 16.3 Å². The number of aryl methyl sites for hydroxylation is 1. The zero-order valence-electron chi connectivity index (χ0n) is 11.7. The van der Waals surface area contributed by atoms with Gasteiger partial charge in [0.15, 0.2) is 0 Å². The Morgan fingerprint density at radius 2 is 2.21 bits per heavy atom. The van der Waals surface area contributed by atoms with Crippen molar-refractivity contribution in [2.24, 2.45) is 0 Å². The SMILES string of the molecule is CCCNCc1csc(-c2ccc(C)cc2OC)n1. The number of rotatable bonds is 6. The minimum absolute atomic E-state index is 0.832. The van der Waals surface area contributed by atoms with Gasteiger partial charge in [-0.1, -0.05) is 13.0 Å². The number of hydrogen-bond donors (Lipinski definition) is 1. The highest BCUT2D eigenvalue weighted by Crippen LogP contribution is 2.32. The van der Waals surface area contributed by atoms with E-state index in [1.807, 2.05) is 6.07 Å². The summed E-state index contributed by atoms with van der Waals surface area (Å²) in [5.41, 5.74) is 3.36. The van der Waals surface area contributed by atoms with Gasteiger partial charge in [0.05, 0.1) is 18.4 Å².